The summed E-state index contributed by atoms with van der Waals surface area (Å²) in [6, 6.07) is 19.7. The Bertz CT molecular complexity index is 1370. The number of hydrogen-bond donors (Lipinski definition) is 0. The molecule has 0 atom stereocenters. The minimum atomic E-state index is -0.463. The van der Waals surface area contributed by atoms with Gasteiger partial charge in [-0.05, 0) is 60.9 Å². The summed E-state index contributed by atoms with van der Waals surface area (Å²) in [4.78, 5) is 28.1. The number of fused-ring (bicyclic) bond motifs is 1. The Morgan fingerprint density at radius 3 is 2.36 bits per heavy atom. The minimum absolute atomic E-state index is 0.00688. The molecule has 1 amide bonds. The fourth-order valence-electron chi connectivity index (χ4n) is 3.03. The summed E-state index contributed by atoms with van der Waals surface area (Å²) < 4.78 is 0.965. The number of amides is 1. The highest BCUT2D eigenvalue weighted by atomic mass is 32.1. The first-order chi connectivity index (χ1) is 15.9. The van der Waals surface area contributed by atoms with E-state index in [1.807, 2.05) is 56.3 Å². The maximum absolute atomic E-state index is 13.1. The summed E-state index contributed by atoms with van der Waals surface area (Å²) >= 11 is 1.38. The maximum Gasteiger partial charge on any atom is 0.273 e. The van der Waals surface area contributed by atoms with E-state index in [9.17, 15) is 14.9 Å². The van der Waals surface area contributed by atoms with Gasteiger partial charge in [-0.25, -0.2) is 4.98 Å². The molecule has 0 unspecified atom stereocenters. The summed E-state index contributed by atoms with van der Waals surface area (Å²) in [5.41, 5.74) is 4.55. The van der Waals surface area contributed by atoms with Crippen molar-refractivity contribution in [3.63, 3.8) is 0 Å². The van der Waals surface area contributed by atoms with Gasteiger partial charge in [-0.15, -0.1) is 0 Å². The Hall–Kier alpha value is -4.17. The van der Waals surface area contributed by atoms with Gasteiger partial charge < -0.3 is 0 Å². The molecule has 7 nitrogen and oxygen atoms in total. The molecule has 3 aromatic carbocycles. The van der Waals surface area contributed by atoms with Crippen molar-refractivity contribution in [2.24, 2.45) is 5.10 Å². The van der Waals surface area contributed by atoms with Gasteiger partial charge >= 0.3 is 0 Å². The summed E-state index contributed by atoms with van der Waals surface area (Å²) in [5, 5.41) is 17.0. The van der Waals surface area contributed by atoms with Crippen molar-refractivity contribution < 1.29 is 9.72 Å². The molecular weight excluding hydrogens is 436 g/mol. The van der Waals surface area contributed by atoms with Crippen molar-refractivity contribution >= 4 is 50.6 Å². The number of benzene rings is 3. The van der Waals surface area contributed by atoms with Gasteiger partial charge in [0.05, 0.1) is 21.4 Å². The fourth-order valence-corrected chi connectivity index (χ4v) is 4.06. The summed E-state index contributed by atoms with van der Waals surface area (Å²) in [5.74, 6) is -0.382. The van der Waals surface area contributed by atoms with E-state index in [4.69, 9.17) is 0 Å². The highest BCUT2D eigenvalue weighted by Crippen LogP contribution is 2.30. The Morgan fingerprint density at radius 2 is 1.67 bits per heavy atom. The van der Waals surface area contributed by atoms with E-state index in [0.717, 1.165) is 26.9 Å². The van der Waals surface area contributed by atoms with Crippen LogP contribution in [0.2, 0.25) is 0 Å². The van der Waals surface area contributed by atoms with Crippen molar-refractivity contribution in [3.8, 4) is 0 Å². The topological polar surface area (TPSA) is 88.7 Å². The van der Waals surface area contributed by atoms with Gasteiger partial charge in [0.25, 0.3) is 11.6 Å². The lowest BCUT2D eigenvalue weighted by Gasteiger charge is -2.11. The molecule has 0 radical (unpaired) electrons. The first-order valence-electron chi connectivity index (χ1n) is 10.1. The number of thiazole rings is 1. The van der Waals surface area contributed by atoms with Crippen LogP contribution in [0.5, 0.6) is 0 Å². The SMILES string of the molecule is Cc1ccc(/C=N/N(C(=O)/C=C/c2ccc([N+](=O)[O-])cc2)c2nc3ccc(C)cc3s2)cc1. The minimum Gasteiger partial charge on any atom is -0.267 e. The molecule has 1 heterocycles. The van der Waals surface area contributed by atoms with Crippen LogP contribution in [0.15, 0.2) is 77.9 Å². The first-order valence-corrected chi connectivity index (χ1v) is 11.0. The third kappa shape index (κ3) is 5.36. The number of aryl methyl sites for hydroxylation is 2. The predicted molar refractivity (Wildman–Crippen MR) is 133 cm³/mol. The van der Waals surface area contributed by atoms with Crippen LogP contribution in [0.3, 0.4) is 0 Å². The van der Waals surface area contributed by atoms with Crippen LogP contribution in [0.25, 0.3) is 16.3 Å². The molecular formula is C25H20N4O3S. The molecule has 0 aliphatic rings. The van der Waals surface area contributed by atoms with Gasteiger partial charge in [0.15, 0.2) is 0 Å². The average molecular weight is 457 g/mol. The summed E-state index contributed by atoms with van der Waals surface area (Å²) in [6.45, 7) is 4.01. The number of hydrazone groups is 1. The van der Waals surface area contributed by atoms with Gasteiger partial charge in [0.2, 0.25) is 5.13 Å². The molecule has 0 saturated carbocycles. The van der Waals surface area contributed by atoms with E-state index < -0.39 is 4.92 Å². The summed E-state index contributed by atoms with van der Waals surface area (Å²) in [7, 11) is 0. The molecule has 1 aromatic heterocycles. The lowest BCUT2D eigenvalue weighted by molar-refractivity contribution is -0.384. The first kappa shape index (κ1) is 22.0. The zero-order valence-electron chi connectivity index (χ0n) is 18.0. The van der Waals surface area contributed by atoms with Crippen LogP contribution in [0, 0.1) is 24.0 Å². The molecule has 0 aliphatic heterocycles. The van der Waals surface area contributed by atoms with Crippen molar-refractivity contribution in [1.82, 2.24) is 4.98 Å². The second-order valence-corrected chi connectivity index (χ2v) is 8.46. The number of aromatic nitrogens is 1. The van der Waals surface area contributed by atoms with Crippen molar-refractivity contribution in [2.75, 3.05) is 5.01 Å². The molecule has 0 bridgehead atoms. The summed E-state index contributed by atoms with van der Waals surface area (Å²) in [6.07, 6.45) is 4.59. The van der Waals surface area contributed by atoms with Crippen LogP contribution in [-0.4, -0.2) is 22.0 Å². The van der Waals surface area contributed by atoms with E-state index in [2.05, 4.69) is 10.1 Å². The molecule has 0 N–H and O–H groups in total. The molecule has 0 aliphatic carbocycles. The second-order valence-electron chi connectivity index (χ2n) is 7.45. The van der Waals surface area contributed by atoms with Crippen LogP contribution in [0.4, 0.5) is 10.8 Å². The Kier molecular flexibility index (Phi) is 6.37. The van der Waals surface area contributed by atoms with Crippen molar-refractivity contribution in [1.29, 1.82) is 0 Å². The Labute approximate surface area is 194 Å². The molecule has 0 fully saturated rings. The zero-order valence-corrected chi connectivity index (χ0v) is 18.8. The van der Waals surface area contributed by atoms with Gasteiger partial charge in [-0.2, -0.15) is 10.1 Å². The number of carbonyl (C=O) groups is 1. The lowest BCUT2D eigenvalue weighted by Crippen LogP contribution is -2.23. The lowest BCUT2D eigenvalue weighted by atomic mass is 10.2. The number of nitro groups is 1. The number of non-ortho nitro benzene ring substituents is 1. The predicted octanol–water partition coefficient (Wildman–Crippen LogP) is 5.90. The third-order valence-corrected chi connectivity index (χ3v) is 5.84. The molecule has 4 aromatic rings. The largest absolute Gasteiger partial charge is 0.273 e. The van der Waals surface area contributed by atoms with E-state index >= 15 is 0 Å². The number of nitro benzene ring substituents is 1. The maximum atomic E-state index is 13.1. The number of rotatable bonds is 6. The second kappa shape index (κ2) is 9.54. The van der Waals surface area contributed by atoms with Gasteiger partial charge in [0, 0.05) is 18.2 Å². The highest BCUT2D eigenvalue weighted by molar-refractivity contribution is 7.22. The monoisotopic (exact) mass is 456 g/mol. The van der Waals surface area contributed by atoms with E-state index in [0.29, 0.717) is 10.7 Å². The smallest absolute Gasteiger partial charge is 0.267 e. The highest BCUT2D eigenvalue weighted by Gasteiger charge is 2.17. The normalized spacial score (nSPS) is 11.5. The molecule has 0 spiro atoms. The van der Waals surface area contributed by atoms with Crippen LogP contribution < -0.4 is 5.01 Å². The Balaban J connectivity index is 1.65. The average Bonchev–Trinajstić information content (AvgIpc) is 3.22. The molecule has 164 valence electrons. The van der Waals surface area contributed by atoms with E-state index in [-0.39, 0.29) is 11.6 Å². The fraction of sp³-hybridized carbons (Fsp3) is 0.0800. The molecule has 8 heteroatoms. The molecule has 0 saturated heterocycles. The standard InChI is InChI=1S/C25H20N4O3S/c1-17-3-6-20(7-4-17)16-26-28(25-27-22-13-5-18(2)15-23(22)33-25)24(30)14-10-19-8-11-21(12-9-19)29(31)32/h3-16H,1-2H3/b14-10+,26-16+. The van der Waals surface area contributed by atoms with Crippen molar-refractivity contribution in [2.45, 2.75) is 13.8 Å². The van der Waals surface area contributed by atoms with Crippen molar-refractivity contribution in [3.05, 3.63) is 105 Å². The third-order valence-electron chi connectivity index (χ3n) is 4.84. The zero-order chi connectivity index (χ0) is 23.4. The molecule has 33 heavy (non-hydrogen) atoms. The van der Waals surface area contributed by atoms with Gasteiger partial charge in [-0.1, -0.05) is 47.2 Å². The van der Waals surface area contributed by atoms with Gasteiger partial charge in [0.1, 0.15) is 0 Å². The van der Waals surface area contributed by atoms with E-state index in [1.165, 1.54) is 34.6 Å². The van der Waals surface area contributed by atoms with Crippen LogP contribution in [0.1, 0.15) is 22.3 Å². The molecule has 4 rings (SSSR count). The Morgan fingerprint density at radius 1 is 1.00 bits per heavy atom. The van der Waals surface area contributed by atoms with Gasteiger partial charge in [-0.3, -0.25) is 14.9 Å². The quantitative estimate of drug-likeness (QED) is 0.156. The van der Waals surface area contributed by atoms with E-state index in [1.54, 1.807) is 24.4 Å². The van der Waals surface area contributed by atoms with Crippen LogP contribution >= 0.6 is 11.3 Å². The number of anilines is 1. The van der Waals surface area contributed by atoms with Crippen LogP contribution in [-0.2, 0) is 4.79 Å². The number of nitrogens with zero attached hydrogens (tertiary/aromatic N) is 4. The number of hydrogen-bond acceptors (Lipinski definition) is 6. The number of carbonyl (C=O) groups excluding carboxylic acids is 1.